The summed E-state index contributed by atoms with van der Waals surface area (Å²) in [5, 5.41) is 18.0. The summed E-state index contributed by atoms with van der Waals surface area (Å²) in [7, 11) is 2.49. The molecule has 0 spiro atoms. The molecule has 0 fully saturated rings. The molecule has 46 heavy (non-hydrogen) atoms. The van der Waals surface area contributed by atoms with Crippen molar-refractivity contribution in [2.75, 3.05) is 24.7 Å². The third kappa shape index (κ3) is 4.91. The number of hydrogen-bond acceptors (Lipinski definition) is 7. The monoisotopic (exact) mass is 634 g/mol. The number of sulfonamides is 1. The van der Waals surface area contributed by atoms with Crippen LogP contribution in [0.25, 0.3) is 55.7 Å². The quantitative estimate of drug-likeness (QED) is 0.273. The fourth-order valence-electron chi connectivity index (χ4n) is 5.68. The van der Waals surface area contributed by atoms with E-state index in [0.29, 0.717) is 50.1 Å². The fraction of sp³-hybridized carbons (Fsp3) is 0.176. The van der Waals surface area contributed by atoms with E-state index < -0.39 is 10.0 Å². The number of nitrogens with one attached hydrogen (secondary N) is 1. The zero-order valence-electron chi connectivity index (χ0n) is 26.0. The molecule has 12 heteroatoms. The summed E-state index contributed by atoms with van der Waals surface area (Å²) in [6.45, 7) is 1.95. The lowest BCUT2D eigenvalue weighted by molar-refractivity contribution is 0.0964. The lowest BCUT2D eigenvalue weighted by atomic mass is 10.00. The number of aromatic nitrogens is 3. The van der Waals surface area contributed by atoms with Crippen LogP contribution in [-0.2, 0) is 24.1 Å². The first-order valence-electron chi connectivity index (χ1n) is 14.2. The Morgan fingerprint density at radius 1 is 1.02 bits per heavy atom. The molecule has 0 bridgehead atoms. The van der Waals surface area contributed by atoms with E-state index in [0.717, 1.165) is 21.6 Å². The molecule has 0 unspecified atom stereocenters. The average Bonchev–Trinajstić information content (AvgIpc) is 3.58. The molecule has 0 aliphatic heterocycles. The minimum Gasteiger partial charge on any atom is -0.455 e. The molecule has 11 nitrogen and oxygen atoms in total. The van der Waals surface area contributed by atoms with Crippen molar-refractivity contribution in [1.29, 1.82) is 5.26 Å². The molecule has 0 saturated carbocycles. The molecule has 1 N–H and O–H groups in total. The van der Waals surface area contributed by atoms with Crippen molar-refractivity contribution in [3.8, 4) is 39.9 Å². The number of nitriles is 1. The van der Waals surface area contributed by atoms with Crippen molar-refractivity contribution in [1.82, 2.24) is 19.7 Å². The lowest BCUT2D eigenvalue weighted by Crippen LogP contribution is -2.26. The van der Waals surface area contributed by atoms with E-state index in [1.807, 2.05) is 41.8 Å². The fourth-order valence-corrected chi connectivity index (χ4v) is 6.18. The molecule has 6 aromatic rings. The molecular weight excluding hydrogens is 604 g/mol. The molecule has 0 saturated heterocycles. The van der Waals surface area contributed by atoms with E-state index in [4.69, 9.17) is 4.42 Å². The second kappa shape index (κ2) is 11.0. The third-order valence-corrected chi connectivity index (χ3v) is 9.42. The van der Waals surface area contributed by atoms with Gasteiger partial charge in [-0.3, -0.25) is 13.9 Å². The lowest BCUT2D eigenvalue weighted by Gasteiger charge is -2.20. The van der Waals surface area contributed by atoms with E-state index in [9.17, 15) is 23.3 Å². The molecule has 1 amide bonds. The van der Waals surface area contributed by atoms with Gasteiger partial charge in [-0.2, -0.15) is 10.4 Å². The van der Waals surface area contributed by atoms with Crippen LogP contribution in [0.5, 0.6) is 0 Å². The Kier molecular flexibility index (Phi) is 7.29. The maximum Gasteiger partial charge on any atom is 0.275 e. The van der Waals surface area contributed by atoms with Crippen LogP contribution in [0.15, 0.2) is 75.9 Å². The van der Waals surface area contributed by atoms with Gasteiger partial charge in [0.2, 0.25) is 10.0 Å². The maximum absolute atomic E-state index is 13.5. The largest absolute Gasteiger partial charge is 0.455 e. The van der Waals surface area contributed by atoms with Crippen molar-refractivity contribution in [2.45, 2.75) is 6.92 Å². The number of fused-ring (bicyclic) bond motifs is 2. The van der Waals surface area contributed by atoms with Crippen LogP contribution >= 0.6 is 0 Å². The van der Waals surface area contributed by atoms with Crippen LogP contribution in [0.3, 0.4) is 0 Å². The number of aryl methyl sites for hydroxylation is 3. The highest BCUT2D eigenvalue weighted by Crippen LogP contribution is 2.41. The average molecular weight is 635 g/mol. The summed E-state index contributed by atoms with van der Waals surface area (Å²) in [6, 6.07) is 21.7. The molecule has 3 aromatic heterocycles. The van der Waals surface area contributed by atoms with Gasteiger partial charge in [-0.25, -0.2) is 13.1 Å². The predicted octanol–water partition coefficient (Wildman–Crippen LogP) is 4.95. The Morgan fingerprint density at radius 2 is 1.74 bits per heavy atom. The van der Waals surface area contributed by atoms with Crippen molar-refractivity contribution < 1.29 is 17.6 Å². The van der Waals surface area contributed by atoms with E-state index in [1.54, 1.807) is 43.4 Å². The number of amides is 1. The van der Waals surface area contributed by atoms with Gasteiger partial charge in [-0.15, -0.1) is 0 Å². The van der Waals surface area contributed by atoms with Gasteiger partial charge in [-0.05, 0) is 37.3 Å². The Labute approximate surface area is 265 Å². The first kappa shape index (κ1) is 30.4. The summed E-state index contributed by atoms with van der Waals surface area (Å²) >= 11 is 0. The standard InChI is InChI=1S/C34H30N6O5S/c1-19-10-12-20(13-11-19)32-31(33(41)36-2)25-14-23(29(17-30(25)45-32)40(5)46(6,43)44)26-15-24(34(42)39(4)37-26)28-16-22-21(18-35)8-7-9-27(22)38(28)3/h7-17H,1-6H3,(H,36,41). The SMILES string of the molecule is CNC(=O)c1c(-c2ccc(C)cc2)oc2cc(N(C)S(C)(=O)=O)c(-c3cc(-c4cc5c(C#N)cccc5n4C)c(=O)n(C)n3)cc12. The van der Waals surface area contributed by atoms with Gasteiger partial charge in [0.05, 0.1) is 46.1 Å². The zero-order chi connectivity index (χ0) is 33.1. The number of nitrogens with zero attached hydrogens (tertiary/aromatic N) is 5. The van der Waals surface area contributed by atoms with Gasteiger partial charge in [-0.1, -0.05) is 35.9 Å². The van der Waals surface area contributed by atoms with Crippen LogP contribution in [0.2, 0.25) is 0 Å². The smallest absolute Gasteiger partial charge is 0.275 e. The van der Waals surface area contributed by atoms with Gasteiger partial charge in [0.25, 0.3) is 11.5 Å². The van der Waals surface area contributed by atoms with Crippen molar-refractivity contribution in [3.05, 3.63) is 93.8 Å². The minimum atomic E-state index is -3.77. The Bertz CT molecular complexity index is 2430. The molecule has 6 rings (SSSR count). The molecule has 3 heterocycles. The Morgan fingerprint density at radius 3 is 2.39 bits per heavy atom. The summed E-state index contributed by atoms with van der Waals surface area (Å²) in [6.07, 6.45) is 1.08. The van der Waals surface area contributed by atoms with E-state index in [-0.39, 0.29) is 28.4 Å². The number of carbonyl (C=O) groups excluding carboxylic acids is 1. The molecule has 0 atom stereocenters. The number of benzene rings is 3. The summed E-state index contributed by atoms with van der Waals surface area (Å²) in [4.78, 5) is 26.9. The normalized spacial score (nSPS) is 11.6. The highest BCUT2D eigenvalue weighted by molar-refractivity contribution is 7.92. The second-order valence-corrected chi connectivity index (χ2v) is 13.2. The van der Waals surface area contributed by atoms with Gasteiger partial charge in [0.1, 0.15) is 11.3 Å². The second-order valence-electron chi connectivity index (χ2n) is 11.2. The van der Waals surface area contributed by atoms with Crippen molar-refractivity contribution in [2.24, 2.45) is 14.1 Å². The molecule has 0 radical (unpaired) electrons. The highest BCUT2D eigenvalue weighted by Gasteiger charge is 2.27. The number of carbonyl (C=O) groups is 1. The number of anilines is 1. The van der Waals surface area contributed by atoms with Gasteiger partial charge in [0, 0.05) is 61.7 Å². The number of furan rings is 1. The molecule has 3 aromatic carbocycles. The molecule has 232 valence electrons. The minimum absolute atomic E-state index is 0.239. The zero-order valence-corrected chi connectivity index (χ0v) is 26.9. The van der Waals surface area contributed by atoms with E-state index >= 15 is 0 Å². The van der Waals surface area contributed by atoms with Gasteiger partial charge in [0.15, 0.2) is 0 Å². The Hall–Kier alpha value is -5.67. The highest BCUT2D eigenvalue weighted by atomic mass is 32.2. The van der Waals surface area contributed by atoms with Gasteiger partial charge >= 0.3 is 0 Å². The third-order valence-electron chi connectivity index (χ3n) is 8.23. The van der Waals surface area contributed by atoms with Crippen molar-refractivity contribution >= 4 is 43.5 Å². The number of rotatable bonds is 6. The van der Waals surface area contributed by atoms with Crippen molar-refractivity contribution in [3.63, 3.8) is 0 Å². The molecule has 0 aliphatic rings. The topological polar surface area (TPSA) is 143 Å². The Balaban J connectivity index is 1.68. The predicted molar refractivity (Wildman–Crippen MR) is 178 cm³/mol. The van der Waals surface area contributed by atoms with Crippen LogP contribution in [0, 0.1) is 18.3 Å². The maximum atomic E-state index is 13.5. The summed E-state index contributed by atoms with van der Waals surface area (Å²) < 4.78 is 36.1. The van der Waals surface area contributed by atoms with Gasteiger partial charge < -0.3 is 14.3 Å². The first-order chi connectivity index (χ1) is 21.8. The summed E-state index contributed by atoms with van der Waals surface area (Å²) in [5.74, 6) is -0.0558. The summed E-state index contributed by atoms with van der Waals surface area (Å²) in [5.41, 5.74) is 4.87. The van der Waals surface area contributed by atoms with Crippen LogP contribution < -0.4 is 15.2 Å². The molecular formula is C34H30N6O5S. The van der Waals surface area contributed by atoms with Crippen LogP contribution in [0.4, 0.5) is 5.69 Å². The van der Waals surface area contributed by atoms with E-state index in [1.165, 1.54) is 25.8 Å². The first-order valence-corrected chi connectivity index (χ1v) is 16.1. The molecule has 0 aliphatic carbocycles. The van der Waals surface area contributed by atoms with Crippen LogP contribution in [-0.4, -0.2) is 49.0 Å². The van der Waals surface area contributed by atoms with Crippen LogP contribution in [0.1, 0.15) is 21.5 Å². The number of hydrogen-bond donors (Lipinski definition) is 1. The van der Waals surface area contributed by atoms with E-state index in [2.05, 4.69) is 16.5 Å².